The zero-order valence-corrected chi connectivity index (χ0v) is 15.0. The molecule has 1 aromatic heterocycles. The second kappa shape index (κ2) is 6.23. The molecule has 1 amide bonds. The molecule has 5 heteroatoms. The summed E-state index contributed by atoms with van der Waals surface area (Å²) >= 11 is 0. The predicted molar refractivity (Wildman–Crippen MR) is 92.9 cm³/mol. The number of amides is 1. The Bertz CT molecular complexity index is 792. The molecule has 0 N–H and O–H groups in total. The van der Waals surface area contributed by atoms with Crippen molar-refractivity contribution in [3.8, 4) is 11.5 Å². The third-order valence-electron chi connectivity index (χ3n) is 5.01. The number of carbonyl (C=O) groups is 1. The quantitative estimate of drug-likeness (QED) is 0.870. The first kappa shape index (κ1) is 16.4. The molecule has 0 radical (unpaired) electrons. The van der Waals surface area contributed by atoms with Crippen LogP contribution in [0.25, 0.3) is 0 Å². The Morgan fingerprint density at radius 3 is 2.21 bits per heavy atom. The molecular weight excluding hydrogens is 304 g/mol. The summed E-state index contributed by atoms with van der Waals surface area (Å²) in [7, 11) is 5.26. The Kier molecular flexibility index (Phi) is 4.26. The van der Waals surface area contributed by atoms with E-state index in [1.807, 2.05) is 44.0 Å². The van der Waals surface area contributed by atoms with Crippen LogP contribution in [0.4, 0.5) is 0 Å². The average molecular weight is 328 g/mol. The Morgan fingerprint density at radius 1 is 1.04 bits per heavy atom. The highest BCUT2D eigenvalue weighted by Gasteiger charge is 2.25. The zero-order valence-electron chi connectivity index (χ0n) is 15.0. The van der Waals surface area contributed by atoms with Crippen LogP contribution in [0.5, 0.6) is 11.5 Å². The van der Waals surface area contributed by atoms with Gasteiger partial charge in [0.1, 0.15) is 0 Å². The summed E-state index contributed by atoms with van der Waals surface area (Å²) in [4.78, 5) is 14.8. The molecule has 0 bridgehead atoms. The van der Waals surface area contributed by atoms with Crippen LogP contribution >= 0.6 is 0 Å². The normalized spacial score (nSPS) is 13.6. The van der Waals surface area contributed by atoms with Crippen LogP contribution in [0.15, 0.2) is 18.2 Å². The fraction of sp³-hybridized carbons (Fsp3) is 0.421. The van der Waals surface area contributed by atoms with Crippen molar-refractivity contribution in [3.63, 3.8) is 0 Å². The maximum atomic E-state index is 12.9. The number of methoxy groups -OCH3 is 2. The van der Waals surface area contributed by atoms with Gasteiger partial charge in [-0.1, -0.05) is 0 Å². The van der Waals surface area contributed by atoms with Crippen molar-refractivity contribution in [2.75, 3.05) is 20.8 Å². The Hall–Kier alpha value is -2.43. The van der Waals surface area contributed by atoms with Crippen molar-refractivity contribution in [2.45, 2.75) is 26.8 Å². The number of nitrogens with zero attached hydrogens (tertiary/aromatic N) is 2. The Morgan fingerprint density at radius 2 is 1.67 bits per heavy atom. The molecular formula is C19H24N2O3. The average Bonchev–Trinajstić information content (AvgIpc) is 2.86. The molecule has 128 valence electrons. The van der Waals surface area contributed by atoms with Crippen LogP contribution in [0.2, 0.25) is 0 Å². The first-order valence-electron chi connectivity index (χ1n) is 8.12. The van der Waals surface area contributed by atoms with E-state index in [2.05, 4.69) is 4.57 Å². The van der Waals surface area contributed by atoms with Gasteiger partial charge >= 0.3 is 0 Å². The van der Waals surface area contributed by atoms with Crippen molar-refractivity contribution in [1.82, 2.24) is 9.47 Å². The molecule has 0 unspecified atom stereocenters. The zero-order chi connectivity index (χ0) is 17.4. The first-order valence-corrected chi connectivity index (χ1v) is 8.12. The summed E-state index contributed by atoms with van der Waals surface area (Å²) in [6.07, 6.45) is 0.826. The number of rotatable bonds is 3. The van der Waals surface area contributed by atoms with Crippen LogP contribution in [0.3, 0.4) is 0 Å². The first-order chi connectivity index (χ1) is 11.5. The van der Waals surface area contributed by atoms with Crippen molar-refractivity contribution in [3.05, 3.63) is 46.3 Å². The number of aromatic nitrogens is 1. The molecule has 1 aromatic carbocycles. The van der Waals surface area contributed by atoms with Gasteiger partial charge in [0.2, 0.25) is 0 Å². The molecule has 0 saturated carbocycles. The molecule has 0 spiro atoms. The molecule has 0 atom stereocenters. The van der Waals surface area contributed by atoms with E-state index in [1.54, 1.807) is 14.2 Å². The van der Waals surface area contributed by atoms with Crippen LogP contribution in [0, 0.1) is 13.8 Å². The lowest BCUT2D eigenvalue weighted by Gasteiger charge is -2.29. The topological polar surface area (TPSA) is 43.7 Å². The number of ether oxygens (including phenoxy) is 2. The number of hydrogen-bond donors (Lipinski definition) is 0. The highest BCUT2D eigenvalue weighted by Crippen LogP contribution is 2.33. The van der Waals surface area contributed by atoms with Gasteiger partial charge in [0.05, 0.1) is 19.8 Å². The number of fused-ring (bicyclic) bond motifs is 1. The van der Waals surface area contributed by atoms with Crippen LogP contribution in [-0.4, -0.2) is 36.1 Å². The van der Waals surface area contributed by atoms with Gasteiger partial charge in [-0.15, -0.1) is 0 Å². The molecule has 2 aromatic rings. The van der Waals surface area contributed by atoms with Gasteiger partial charge in [0.15, 0.2) is 11.5 Å². The van der Waals surface area contributed by atoms with Gasteiger partial charge in [0, 0.05) is 31.5 Å². The molecule has 0 fully saturated rings. The summed E-state index contributed by atoms with van der Waals surface area (Å²) in [6.45, 7) is 5.33. The van der Waals surface area contributed by atoms with E-state index >= 15 is 0 Å². The highest BCUT2D eigenvalue weighted by molar-refractivity contribution is 5.95. The van der Waals surface area contributed by atoms with Crippen LogP contribution < -0.4 is 9.47 Å². The third-order valence-corrected chi connectivity index (χ3v) is 5.01. The largest absolute Gasteiger partial charge is 0.493 e. The number of hydrogen-bond acceptors (Lipinski definition) is 3. The summed E-state index contributed by atoms with van der Waals surface area (Å²) in [5.41, 5.74) is 5.24. The molecule has 5 nitrogen and oxygen atoms in total. The van der Waals surface area contributed by atoms with Crippen LogP contribution in [0.1, 0.15) is 32.9 Å². The van der Waals surface area contributed by atoms with Gasteiger partial charge in [-0.3, -0.25) is 4.79 Å². The lowest BCUT2D eigenvalue weighted by molar-refractivity contribution is 0.0733. The van der Waals surface area contributed by atoms with E-state index in [9.17, 15) is 4.79 Å². The number of aryl methyl sites for hydroxylation is 1. The highest BCUT2D eigenvalue weighted by atomic mass is 16.5. The SMILES string of the molecule is COc1cc2c(cc1OC)CN(C(=O)c1cc(C)n(C)c1C)CC2. The van der Waals surface area contributed by atoms with E-state index in [0.29, 0.717) is 18.8 Å². The minimum absolute atomic E-state index is 0.0941. The summed E-state index contributed by atoms with van der Waals surface area (Å²) in [5.74, 6) is 1.54. The molecule has 0 saturated heterocycles. The third kappa shape index (κ3) is 2.64. The van der Waals surface area contributed by atoms with Crippen molar-refractivity contribution >= 4 is 5.91 Å². The van der Waals surface area contributed by atoms with E-state index < -0.39 is 0 Å². The van der Waals surface area contributed by atoms with Gasteiger partial charge in [-0.25, -0.2) is 0 Å². The predicted octanol–water partition coefficient (Wildman–Crippen LogP) is 2.86. The molecule has 1 aliphatic heterocycles. The molecule has 3 rings (SSSR count). The lowest BCUT2D eigenvalue weighted by Crippen LogP contribution is -2.36. The van der Waals surface area contributed by atoms with E-state index in [1.165, 1.54) is 5.56 Å². The monoisotopic (exact) mass is 328 g/mol. The summed E-state index contributed by atoms with van der Waals surface area (Å²) in [6, 6.07) is 5.98. The summed E-state index contributed by atoms with van der Waals surface area (Å²) in [5, 5.41) is 0. The van der Waals surface area contributed by atoms with Crippen molar-refractivity contribution in [1.29, 1.82) is 0 Å². The fourth-order valence-electron chi connectivity index (χ4n) is 3.30. The van der Waals surface area contributed by atoms with Crippen molar-refractivity contribution < 1.29 is 14.3 Å². The number of benzene rings is 1. The molecule has 2 heterocycles. The Labute approximate surface area is 142 Å². The van der Waals surface area contributed by atoms with E-state index in [-0.39, 0.29) is 5.91 Å². The second-order valence-corrected chi connectivity index (χ2v) is 6.30. The maximum absolute atomic E-state index is 12.9. The maximum Gasteiger partial charge on any atom is 0.255 e. The minimum Gasteiger partial charge on any atom is -0.493 e. The lowest BCUT2D eigenvalue weighted by atomic mass is 9.98. The Balaban J connectivity index is 1.89. The van der Waals surface area contributed by atoms with Gasteiger partial charge in [-0.2, -0.15) is 0 Å². The standard InChI is InChI=1S/C19H24N2O3/c1-12-8-16(13(2)20(12)3)19(22)21-7-6-14-9-17(23-4)18(24-5)10-15(14)11-21/h8-10H,6-7,11H2,1-5H3. The molecule has 24 heavy (non-hydrogen) atoms. The smallest absolute Gasteiger partial charge is 0.255 e. The minimum atomic E-state index is 0.0941. The van der Waals surface area contributed by atoms with Gasteiger partial charge in [0.25, 0.3) is 5.91 Å². The molecule has 1 aliphatic rings. The van der Waals surface area contributed by atoms with Crippen LogP contribution in [-0.2, 0) is 20.0 Å². The summed E-state index contributed by atoms with van der Waals surface area (Å²) < 4.78 is 12.8. The van der Waals surface area contributed by atoms with Gasteiger partial charge < -0.3 is 18.9 Å². The van der Waals surface area contributed by atoms with Gasteiger partial charge in [-0.05, 0) is 49.6 Å². The number of carbonyl (C=O) groups excluding carboxylic acids is 1. The fourth-order valence-corrected chi connectivity index (χ4v) is 3.30. The van der Waals surface area contributed by atoms with E-state index in [4.69, 9.17) is 9.47 Å². The molecule has 0 aliphatic carbocycles. The van der Waals surface area contributed by atoms with E-state index in [0.717, 1.165) is 34.7 Å². The van der Waals surface area contributed by atoms with Crippen molar-refractivity contribution in [2.24, 2.45) is 7.05 Å². The second-order valence-electron chi connectivity index (χ2n) is 6.30.